The number of hydrogen-bond donors (Lipinski definition) is 2. The third kappa shape index (κ3) is 3.83. The highest BCUT2D eigenvalue weighted by Crippen LogP contribution is 2.13. The number of halogens is 1. The second kappa shape index (κ2) is 6.24. The molecular weight excluding hydrogens is 296 g/mol. The van der Waals surface area contributed by atoms with Crippen molar-refractivity contribution in [1.29, 1.82) is 0 Å². The molecule has 2 heterocycles. The lowest BCUT2D eigenvalue weighted by molar-refractivity contribution is -0.385. The number of aromatic nitrogens is 1. The molecule has 0 saturated carbocycles. The van der Waals surface area contributed by atoms with E-state index < -0.39 is 14.9 Å². The van der Waals surface area contributed by atoms with E-state index in [1.807, 2.05) is 0 Å². The normalized spacial score (nSPS) is 18.8. The fourth-order valence-corrected chi connectivity index (χ4v) is 2.87. The van der Waals surface area contributed by atoms with E-state index in [0.717, 1.165) is 24.9 Å². The summed E-state index contributed by atoms with van der Waals surface area (Å²) < 4.78 is 26.3. The fourth-order valence-electron chi connectivity index (χ4n) is 1.67. The molecule has 0 bridgehead atoms. The average Bonchev–Trinajstić information content (AvgIpc) is 2.81. The minimum absolute atomic E-state index is 0. The molecule has 1 aromatic heterocycles. The Morgan fingerprint density at radius 3 is 2.68 bits per heavy atom. The van der Waals surface area contributed by atoms with E-state index in [2.05, 4.69) is 15.0 Å². The third-order valence-corrected chi connectivity index (χ3v) is 4.02. The van der Waals surface area contributed by atoms with Crippen LogP contribution < -0.4 is 10.0 Å². The molecule has 0 radical (unpaired) electrons. The molecule has 10 heteroatoms. The topological polar surface area (TPSA) is 114 Å². The van der Waals surface area contributed by atoms with Gasteiger partial charge in [-0.15, -0.1) is 12.4 Å². The standard InChI is InChI=1S/C9H12N4O4S.ClH/c14-13(15)8-1-2-9(11-6-8)18(16,17)12-7-3-4-10-5-7;/h1-2,6-7,10,12H,3-5H2;1H/t7-;/m0./s1. The van der Waals surface area contributed by atoms with E-state index in [9.17, 15) is 18.5 Å². The van der Waals surface area contributed by atoms with Crippen molar-refractivity contribution in [3.63, 3.8) is 0 Å². The van der Waals surface area contributed by atoms with Crippen molar-refractivity contribution in [1.82, 2.24) is 15.0 Å². The smallest absolute Gasteiger partial charge is 0.287 e. The molecule has 8 nitrogen and oxygen atoms in total. The van der Waals surface area contributed by atoms with Gasteiger partial charge in [-0.3, -0.25) is 10.1 Å². The second-order valence-corrected chi connectivity index (χ2v) is 5.58. The molecule has 0 amide bonds. The van der Waals surface area contributed by atoms with Crippen LogP contribution in [-0.4, -0.2) is 37.5 Å². The zero-order valence-corrected chi connectivity index (χ0v) is 11.4. The second-order valence-electron chi connectivity index (χ2n) is 3.92. The first kappa shape index (κ1) is 15.8. The highest BCUT2D eigenvalue weighted by molar-refractivity contribution is 7.89. The first-order valence-electron chi connectivity index (χ1n) is 5.32. The number of pyridine rings is 1. The first-order valence-corrected chi connectivity index (χ1v) is 6.81. The summed E-state index contributed by atoms with van der Waals surface area (Å²) >= 11 is 0. The van der Waals surface area contributed by atoms with E-state index >= 15 is 0 Å². The number of nitrogens with one attached hydrogen (secondary N) is 2. The van der Waals surface area contributed by atoms with Crippen molar-refractivity contribution < 1.29 is 13.3 Å². The van der Waals surface area contributed by atoms with E-state index in [0.29, 0.717) is 13.0 Å². The van der Waals surface area contributed by atoms with Crippen molar-refractivity contribution in [2.45, 2.75) is 17.5 Å². The van der Waals surface area contributed by atoms with Gasteiger partial charge in [0.05, 0.1) is 4.92 Å². The van der Waals surface area contributed by atoms with Gasteiger partial charge in [-0.1, -0.05) is 0 Å². The van der Waals surface area contributed by atoms with Crippen molar-refractivity contribution in [3.8, 4) is 0 Å². The van der Waals surface area contributed by atoms with Crippen LogP contribution in [-0.2, 0) is 10.0 Å². The predicted molar refractivity (Wildman–Crippen MR) is 69.7 cm³/mol. The molecule has 1 atom stereocenters. The predicted octanol–water partition coefficient (Wildman–Crippen LogP) is 0.0518. The number of nitro groups is 1. The number of hydrogen-bond acceptors (Lipinski definition) is 6. The van der Waals surface area contributed by atoms with Gasteiger partial charge in [-0.25, -0.2) is 18.1 Å². The Balaban J connectivity index is 0.00000180. The molecule has 2 rings (SSSR count). The summed E-state index contributed by atoms with van der Waals surface area (Å²) in [6.45, 7) is 1.34. The van der Waals surface area contributed by atoms with Crippen LogP contribution in [0, 0.1) is 10.1 Å². The monoisotopic (exact) mass is 308 g/mol. The Kier molecular flexibility index (Phi) is 5.18. The summed E-state index contributed by atoms with van der Waals surface area (Å²) in [6, 6.07) is 2.09. The largest absolute Gasteiger partial charge is 0.315 e. The molecule has 2 N–H and O–H groups in total. The number of rotatable bonds is 4. The van der Waals surface area contributed by atoms with Gasteiger partial charge in [-0.05, 0) is 19.0 Å². The lowest BCUT2D eigenvalue weighted by atomic mass is 10.3. The lowest BCUT2D eigenvalue weighted by Gasteiger charge is -2.10. The summed E-state index contributed by atoms with van der Waals surface area (Å²) in [4.78, 5) is 13.4. The zero-order valence-electron chi connectivity index (χ0n) is 9.77. The minimum Gasteiger partial charge on any atom is -0.315 e. The van der Waals surface area contributed by atoms with Gasteiger partial charge < -0.3 is 5.32 Å². The molecule has 1 aromatic rings. The Labute approximate surface area is 116 Å². The van der Waals surface area contributed by atoms with Gasteiger partial charge in [0, 0.05) is 18.7 Å². The number of nitrogens with zero attached hydrogens (tertiary/aromatic N) is 2. The minimum atomic E-state index is -3.71. The maximum Gasteiger partial charge on any atom is 0.287 e. The summed E-state index contributed by atoms with van der Waals surface area (Å²) in [5.74, 6) is 0. The van der Waals surface area contributed by atoms with Crippen LogP contribution in [0.5, 0.6) is 0 Å². The SMILES string of the molecule is Cl.O=[N+]([O-])c1ccc(S(=O)(=O)N[C@H]2CCNC2)nc1. The average molecular weight is 309 g/mol. The Morgan fingerprint density at radius 2 is 2.21 bits per heavy atom. The van der Waals surface area contributed by atoms with E-state index in [1.54, 1.807) is 0 Å². The summed E-state index contributed by atoms with van der Waals surface area (Å²) in [6.07, 6.45) is 1.65. The molecule has 0 spiro atoms. The highest BCUT2D eigenvalue weighted by atomic mass is 35.5. The van der Waals surface area contributed by atoms with Crippen LogP contribution in [0.25, 0.3) is 0 Å². The van der Waals surface area contributed by atoms with Crippen LogP contribution in [0.3, 0.4) is 0 Å². The Hall–Kier alpha value is -1.29. The quantitative estimate of drug-likeness (QED) is 0.600. The van der Waals surface area contributed by atoms with Crippen molar-refractivity contribution in [2.24, 2.45) is 0 Å². The lowest BCUT2D eigenvalue weighted by Crippen LogP contribution is -2.36. The van der Waals surface area contributed by atoms with Gasteiger partial charge in [0.2, 0.25) is 0 Å². The molecular formula is C9H13ClN4O4S. The van der Waals surface area contributed by atoms with Crippen molar-refractivity contribution >= 4 is 28.1 Å². The fraction of sp³-hybridized carbons (Fsp3) is 0.444. The molecule has 0 unspecified atom stereocenters. The molecule has 1 aliphatic heterocycles. The van der Waals surface area contributed by atoms with Crippen LogP contribution in [0.15, 0.2) is 23.4 Å². The number of sulfonamides is 1. The maximum atomic E-state index is 11.9. The molecule has 0 aromatic carbocycles. The van der Waals surface area contributed by atoms with Gasteiger partial charge >= 0.3 is 0 Å². The van der Waals surface area contributed by atoms with E-state index in [1.165, 1.54) is 0 Å². The highest BCUT2D eigenvalue weighted by Gasteiger charge is 2.24. The Morgan fingerprint density at radius 1 is 1.47 bits per heavy atom. The van der Waals surface area contributed by atoms with E-state index in [-0.39, 0.29) is 29.2 Å². The van der Waals surface area contributed by atoms with Crippen LogP contribution >= 0.6 is 12.4 Å². The molecule has 0 aliphatic carbocycles. The molecule has 106 valence electrons. The van der Waals surface area contributed by atoms with Crippen LogP contribution in [0.1, 0.15) is 6.42 Å². The summed E-state index contributed by atoms with van der Waals surface area (Å²) in [5, 5.41) is 13.3. The summed E-state index contributed by atoms with van der Waals surface area (Å²) in [7, 11) is -3.71. The van der Waals surface area contributed by atoms with Gasteiger partial charge in [0.25, 0.3) is 15.7 Å². The van der Waals surface area contributed by atoms with E-state index in [4.69, 9.17) is 0 Å². The maximum absolute atomic E-state index is 11.9. The molecule has 1 aliphatic rings. The Bertz CT molecular complexity index is 542. The van der Waals surface area contributed by atoms with Crippen molar-refractivity contribution in [2.75, 3.05) is 13.1 Å². The van der Waals surface area contributed by atoms with Gasteiger partial charge in [0.1, 0.15) is 6.20 Å². The molecule has 1 fully saturated rings. The van der Waals surface area contributed by atoms with Crippen LogP contribution in [0.4, 0.5) is 5.69 Å². The zero-order chi connectivity index (χ0) is 13.2. The summed E-state index contributed by atoms with van der Waals surface area (Å²) in [5.41, 5.74) is -0.239. The van der Waals surface area contributed by atoms with Crippen LogP contribution in [0.2, 0.25) is 0 Å². The van der Waals surface area contributed by atoms with Gasteiger partial charge in [-0.2, -0.15) is 0 Å². The van der Waals surface area contributed by atoms with Gasteiger partial charge in [0.15, 0.2) is 5.03 Å². The molecule has 19 heavy (non-hydrogen) atoms. The third-order valence-electron chi connectivity index (χ3n) is 2.59. The van der Waals surface area contributed by atoms with Crippen molar-refractivity contribution in [3.05, 3.63) is 28.4 Å². The molecule has 1 saturated heterocycles. The first-order chi connectivity index (χ1) is 8.49.